The van der Waals surface area contributed by atoms with Gasteiger partial charge in [-0.2, -0.15) is 15.4 Å². The maximum Gasteiger partial charge on any atom is 0.224 e. The van der Waals surface area contributed by atoms with Gasteiger partial charge in [-0.1, -0.05) is 17.7 Å². The van der Waals surface area contributed by atoms with E-state index in [0.29, 0.717) is 17.0 Å². The second-order valence-corrected chi connectivity index (χ2v) is 6.80. The van der Waals surface area contributed by atoms with Crippen molar-refractivity contribution in [3.05, 3.63) is 46.0 Å². The Morgan fingerprint density at radius 2 is 2.13 bits per heavy atom. The van der Waals surface area contributed by atoms with Crippen LogP contribution in [0, 0.1) is 11.7 Å². The van der Waals surface area contributed by atoms with E-state index in [1.54, 1.807) is 6.07 Å². The molecule has 5 nitrogen and oxygen atoms in total. The first-order valence-corrected chi connectivity index (χ1v) is 7.90. The van der Waals surface area contributed by atoms with Crippen LogP contribution in [0.2, 0.25) is 5.02 Å². The summed E-state index contributed by atoms with van der Waals surface area (Å²) in [7, 11) is 0. The van der Waals surface area contributed by atoms with Gasteiger partial charge in [0.15, 0.2) is 0 Å². The summed E-state index contributed by atoms with van der Waals surface area (Å²) in [5, 5.41) is 14.1. The largest absolute Gasteiger partial charge is 0.347 e. The number of rotatable bonds is 3. The van der Waals surface area contributed by atoms with E-state index in [9.17, 15) is 9.18 Å². The van der Waals surface area contributed by atoms with Gasteiger partial charge in [0.1, 0.15) is 5.82 Å². The number of hydrogen-bond donors (Lipinski definition) is 2. The quantitative estimate of drug-likeness (QED) is 0.905. The number of benzene rings is 1. The summed E-state index contributed by atoms with van der Waals surface area (Å²) in [6.07, 6.45) is 2.05. The fraction of sp³-hybridized carbons (Fsp3) is 0.438. The number of carbonyl (C=O) groups is 1. The van der Waals surface area contributed by atoms with Crippen LogP contribution in [0.5, 0.6) is 0 Å². The monoisotopic (exact) mass is 336 g/mol. The average molecular weight is 337 g/mol. The van der Waals surface area contributed by atoms with E-state index in [-0.39, 0.29) is 11.8 Å². The average Bonchev–Trinajstić information content (AvgIpc) is 2.93. The molecule has 1 atom stereocenters. The van der Waals surface area contributed by atoms with Crippen molar-refractivity contribution in [2.24, 2.45) is 5.92 Å². The number of aryl methyl sites for hydroxylation is 1. The van der Waals surface area contributed by atoms with Gasteiger partial charge in [0.2, 0.25) is 5.91 Å². The van der Waals surface area contributed by atoms with E-state index in [2.05, 4.69) is 20.7 Å². The van der Waals surface area contributed by atoms with Gasteiger partial charge >= 0.3 is 0 Å². The van der Waals surface area contributed by atoms with E-state index in [1.165, 1.54) is 12.1 Å². The van der Waals surface area contributed by atoms with Gasteiger partial charge in [-0.05, 0) is 44.4 Å². The Hall–Kier alpha value is -1.95. The minimum Gasteiger partial charge on any atom is -0.347 e. The lowest BCUT2D eigenvalue weighted by Crippen LogP contribution is -2.45. The molecular formula is C16H18ClFN4O. The minimum atomic E-state index is -0.689. The van der Waals surface area contributed by atoms with Crippen molar-refractivity contribution < 1.29 is 9.18 Å². The lowest BCUT2D eigenvalue weighted by atomic mass is 9.87. The first kappa shape index (κ1) is 15.9. The number of H-pyrrole nitrogens is 1. The molecule has 7 heteroatoms. The molecule has 1 aromatic carbocycles. The molecule has 2 aromatic rings. The summed E-state index contributed by atoms with van der Waals surface area (Å²) in [5.41, 5.74) is 1.79. The molecule has 0 unspecified atom stereocenters. The van der Waals surface area contributed by atoms with Crippen LogP contribution in [0.4, 0.5) is 4.39 Å². The molecule has 0 saturated heterocycles. The Balaban J connectivity index is 1.74. The summed E-state index contributed by atoms with van der Waals surface area (Å²) in [4.78, 5) is 12.6. The molecule has 0 saturated carbocycles. The van der Waals surface area contributed by atoms with E-state index in [1.807, 2.05) is 13.8 Å². The standard InChI is InChI=1S/C16H18ClFN4O/c1-16(2,11-5-4-10(18)8-12(11)17)19-15(23)9-3-6-13-14(7-9)21-22-20-13/h4-5,8-9H,3,6-7H2,1-2H3,(H,19,23)(H,20,21,22)/t9-/m1/s1. The highest BCUT2D eigenvalue weighted by Crippen LogP contribution is 2.30. The van der Waals surface area contributed by atoms with Gasteiger partial charge in [-0.15, -0.1) is 0 Å². The molecule has 23 heavy (non-hydrogen) atoms. The van der Waals surface area contributed by atoms with Crippen LogP contribution >= 0.6 is 11.6 Å². The Morgan fingerprint density at radius 3 is 2.87 bits per heavy atom. The lowest BCUT2D eigenvalue weighted by Gasteiger charge is -2.31. The number of nitrogens with zero attached hydrogens (tertiary/aromatic N) is 2. The normalized spacial score (nSPS) is 17.7. The van der Waals surface area contributed by atoms with E-state index in [4.69, 9.17) is 11.6 Å². The van der Waals surface area contributed by atoms with Crippen LogP contribution in [0.25, 0.3) is 0 Å². The summed E-state index contributed by atoms with van der Waals surface area (Å²) in [6.45, 7) is 3.71. The predicted molar refractivity (Wildman–Crippen MR) is 84.5 cm³/mol. The van der Waals surface area contributed by atoms with E-state index >= 15 is 0 Å². The number of amides is 1. The fourth-order valence-electron chi connectivity index (χ4n) is 2.98. The van der Waals surface area contributed by atoms with Crippen LogP contribution in [0.1, 0.15) is 37.2 Å². The van der Waals surface area contributed by atoms with Gasteiger partial charge in [0.05, 0.1) is 16.9 Å². The molecule has 2 N–H and O–H groups in total. The molecule has 1 amide bonds. The van der Waals surface area contributed by atoms with Gasteiger partial charge in [-0.3, -0.25) is 4.79 Å². The molecule has 1 aliphatic carbocycles. The zero-order valence-corrected chi connectivity index (χ0v) is 13.7. The molecular weight excluding hydrogens is 319 g/mol. The molecule has 3 rings (SSSR count). The van der Waals surface area contributed by atoms with E-state index in [0.717, 1.165) is 24.2 Å². The maximum atomic E-state index is 13.2. The third-order valence-corrected chi connectivity index (χ3v) is 4.60. The Bertz CT molecular complexity index is 743. The third kappa shape index (κ3) is 3.22. The van der Waals surface area contributed by atoms with Crippen molar-refractivity contribution in [1.82, 2.24) is 20.7 Å². The van der Waals surface area contributed by atoms with Crippen molar-refractivity contribution >= 4 is 17.5 Å². The Kier molecular flexibility index (Phi) is 4.10. The highest BCUT2D eigenvalue weighted by atomic mass is 35.5. The van der Waals surface area contributed by atoms with Crippen LogP contribution in [0.3, 0.4) is 0 Å². The number of aromatic amines is 1. The van der Waals surface area contributed by atoms with Gasteiger partial charge < -0.3 is 5.32 Å². The van der Waals surface area contributed by atoms with Crippen LogP contribution < -0.4 is 5.32 Å². The summed E-state index contributed by atoms with van der Waals surface area (Å²) in [6, 6.07) is 4.21. The number of fused-ring (bicyclic) bond motifs is 1. The van der Waals surface area contributed by atoms with Crippen molar-refractivity contribution in [3.63, 3.8) is 0 Å². The maximum absolute atomic E-state index is 13.2. The van der Waals surface area contributed by atoms with Gasteiger partial charge in [0, 0.05) is 17.4 Å². The van der Waals surface area contributed by atoms with Gasteiger partial charge in [0.25, 0.3) is 0 Å². The number of halogens is 2. The highest BCUT2D eigenvalue weighted by molar-refractivity contribution is 6.31. The molecule has 0 aliphatic heterocycles. The number of hydrogen-bond acceptors (Lipinski definition) is 3. The summed E-state index contributed by atoms with van der Waals surface area (Å²) >= 11 is 6.12. The first-order valence-electron chi connectivity index (χ1n) is 7.53. The van der Waals surface area contributed by atoms with Crippen LogP contribution in [0.15, 0.2) is 18.2 Å². The SMILES string of the molecule is CC(C)(NC(=O)[C@@H]1CCc2n[nH]nc2C1)c1ccc(F)cc1Cl. The number of nitrogens with one attached hydrogen (secondary N) is 2. The zero-order valence-electron chi connectivity index (χ0n) is 13.0. The van der Waals surface area contributed by atoms with Crippen molar-refractivity contribution in [2.45, 2.75) is 38.6 Å². The highest BCUT2D eigenvalue weighted by Gasteiger charge is 2.32. The second-order valence-electron chi connectivity index (χ2n) is 6.40. The summed E-state index contributed by atoms with van der Waals surface area (Å²) < 4.78 is 13.2. The molecule has 1 heterocycles. The van der Waals surface area contributed by atoms with Crippen LogP contribution in [-0.4, -0.2) is 21.3 Å². The number of aromatic nitrogens is 3. The number of carbonyl (C=O) groups excluding carboxylic acids is 1. The zero-order chi connectivity index (χ0) is 16.6. The fourth-order valence-corrected chi connectivity index (χ4v) is 3.39. The molecule has 122 valence electrons. The van der Waals surface area contributed by atoms with Crippen LogP contribution in [-0.2, 0) is 23.2 Å². The molecule has 1 aromatic heterocycles. The predicted octanol–water partition coefficient (Wildman–Crippen LogP) is 2.75. The molecule has 0 fully saturated rings. The minimum absolute atomic E-state index is 0.0518. The Labute approximate surface area is 138 Å². The first-order chi connectivity index (χ1) is 10.9. The van der Waals surface area contributed by atoms with Crippen molar-refractivity contribution in [3.8, 4) is 0 Å². The topological polar surface area (TPSA) is 70.7 Å². The van der Waals surface area contributed by atoms with Gasteiger partial charge in [-0.25, -0.2) is 4.39 Å². The molecule has 1 aliphatic rings. The molecule has 0 bridgehead atoms. The molecule has 0 spiro atoms. The van der Waals surface area contributed by atoms with Crippen molar-refractivity contribution in [1.29, 1.82) is 0 Å². The van der Waals surface area contributed by atoms with E-state index < -0.39 is 11.4 Å². The third-order valence-electron chi connectivity index (χ3n) is 4.28. The molecule has 0 radical (unpaired) electrons. The lowest BCUT2D eigenvalue weighted by molar-refractivity contribution is -0.127. The second kappa shape index (κ2) is 5.92. The summed E-state index contributed by atoms with van der Waals surface area (Å²) in [5.74, 6) is -0.596. The Morgan fingerprint density at radius 1 is 1.39 bits per heavy atom. The van der Waals surface area contributed by atoms with Crippen molar-refractivity contribution in [2.75, 3.05) is 0 Å². The smallest absolute Gasteiger partial charge is 0.224 e.